The van der Waals surface area contributed by atoms with E-state index in [0.29, 0.717) is 42.0 Å². The van der Waals surface area contributed by atoms with Crippen LogP contribution < -0.4 is 4.90 Å². The lowest BCUT2D eigenvalue weighted by Gasteiger charge is -2.13. The van der Waals surface area contributed by atoms with Crippen LogP contribution in [0.1, 0.15) is 5.76 Å². The van der Waals surface area contributed by atoms with Gasteiger partial charge in [0.25, 0.3) is 11.6 Å². The quantitative estimate of drug-likeness (QED) is 0.183. The number of thioether (sulfide) groups is 1. The lowest BCUT2D eigenvalue weighted by molar-refractivity contribution is -0.384. The Morgan fingerprint density at radius 3 is 2.53 bits per heavy atom. The Balaban J connectivity index is 1.60. The molecule has 4 rings (SSSR count). The number of carbonyl (C=O) groups is 1. The molecule has 1 fully saturated rings. The number of furan rings is 1. The van der Waals surface area contributed by atoms with E-state index in [1.807, 2.05) is 0 Å². The molecule has 30 heavy (non-hydrogen) atoms. The van der Waals surface area contributed by atoms with Crippen LogP contribution in [0, 0.1) is 10.1 Å². The standard InChI is InChI=1S/C20H10Cl2N2O4S2/c21-15-3-1-2-14(18(15)22)16-9-8-13(28-16)10-17-19(25)23(20(29)30-17)11-4-6-12(7-5-11)24(26)27/h1-10H. The molecule has 1 amide bonds. The fourth-order valence-corrected chi connectivity index (χ4v) is 4.48. The normalized spacial score (nSPS) is 15.3. The molecule has 0 radical (unpaired) electrons. The van der Waals surface area contributed by atoms with Gasteiger partial charge in [-0.05, 0) is 36.4 Å². The van der Waals surface area contributed by atoms with E-state index in [1.54, 1.807) is 36.4 Å². The van der Waals surface area contributed by atoms with E-state index in [9.17, 15) is 14.9 Å². The second kappa shape index (κ2) is 8.23. The molecule has 0 bridgehead atoms. The number of thiocarbonyl (C=S) groups is 1. The van der Waals surface area contributed by atoms with Crippen LogP contribution in [-0.2, 0) is 4.79 Å². The number of anilines is 1. The maximum Gasteiger partial charge on any atom is 0.270 e. The Morgan fingerprint density at radius 1 is 1.10 bits per heavy atom. The first-order valence-electron chi connectivity index (χ1n) is 8.42. The Bertz CT molecular complexity index is 1220. The highest BCUT2D eigenvalue weighted by molar-refractivity contribution is 8.27. The van der Waals surface area contributed by atoms with Crippen molar-refractivity contribution in [1.29, 1.82) is 0 Å². The van der Waals surface area contributed by atoms with Crippen molar-refractivity contribution < 1.29 is 14.1 Å². The van der Waals surface area contributed by atoms with Gasteiger partial charge in [-0.15, -0.1) is 0 Å². The van der Waals surface area contributed by atoms with E-state index in [2.05, 4.69) is 0 Å². The van der Waals surface area contributed by atoms with Crippen molar-refractivity contribution in [2.75, 3.05) is 4.90 Å². The van der Waals surface area contributed by atoms with Gasteiger partial charge < -0.3 is 4.42 Å². The molecule has 2 aromatic carbocycles. The number of non-ortho nitro benzene ring substituents is 1. The van der Waals surface area contributed by atoms with E-state index in [4.69, 9.17) is 39.8 Å². The minimum absolute atomic E-state index is 0.0671. The van der Waals surface area contributed by atoms with E-state index in [-0.39, 0.29) is 11.6 Å². The minimum Gasteiger partial charge on any atom is -0.457 e. The van der Waals surface area contributed by atoms with Crippen molar-refractivity contribution in [3.63, 3.8) is 0 Å². The number of carbonyl (C=O) groups excluding carboxylic acids is 1. The SMILES string of the molecule is O=C1C(=Cc2ccc(-c3cccc(Cl)c3Cl)o2)SC(=S)N1c1ccc([N+](=O)[O-])cc1. The van der Waals surface area contributed by atoms with Crippen LogP contribution in [0.2, 0.25) is 10.0 Å². The van der Waals surface area contributed by atoms with Crippen molar-refractivity contribution in [2.45, 2.75) is 0 Å². The summed E-state index contributed by atoms with van der Waals surface area (Å²) in [6, 6.07) is 14.3. The predicted molar refractivity (Wildman–Crippen MR) is 123 cm³/mol. The van der Waals surface area contributed by atoms with Gasteiger partial charge in [-0.1, -0.05) is 53.2 Å². The molecule has 150 valence electrons. The highest BCUT2D eigenvalue weighted by atomic mass is 35.5. The molecule has 10 heteroatoms. The first kappa shape index (κ1) is 20.6. The number of nitro groups is 1. The van der Waals surface area contributed by atoms with Crippen LogP contribution in [0.15, 0.2) is 63.9 Å². The molecule has 0 aliphatic carbocycles. The van der Waals surface area contributed by atoms with E-state index in [0.717, 1.165) is 11.8 Å². The van der Waals surface area contributed by atoms with Gasteiger partial charge in [0.2, 0.25) is 0 Å². The van der Waals surface area contributed by atoms with Crippen molar-refractivity contribution in [1.82, 2.24) is 0 Å². The summed E-state index contributed by atoms with van der Waals surface area (Å²) >= 11 is 18.7. The van der Waals surface area contributed by atoms with Crippen LogP contribution in [0.4, 0.5) is 11.4 Å². The van der Waals surface area contributed by atoms with Gasteiger partial charge in [0.15, 0.2) is 4.32 Å². The summed E-state index contributed by atoms with van der Waals surface area (Å²) < 4.78 is 6.14. The summed E-state index contributed by atoms with van der Waals surface area (Å²) in [6.45, 7) is 0. The number of nitrogens with zero attached hydrogens (tertiary/aromatic N) is 2. The number of hydrogen-bond acceptors (Lipinski definition) is 6. The summed E-state index contributed by atoms with van der Waals surface area (Å²) in [6.07, 6.45) is 1.59. The van der Waals surface area contributed by atoms with Crippen molar-refractivity contribution >= 4 is 74.9 Å². The molecule has 2 heterocycles. The second-order valence-corrected chi connectivity index (χ2v) is 8.55. The van der Waals surface area contributed by atoms with Crippen LogP contribution in [0.3, 0.4) is 0 Å². The third-order valence-electron chi connectivity index (χ3n) is 4.23. The Kier molecular flexibility index (Phi) is 5.66. The average molecular weight is 477 g/mol. The molecule has 0 N–H and O–H groups in total. The predicted octanol–water partition coefficient (Wildman–Crippen LogP) is 6.57. The fraction of sp³-hybridized carbons (Fsp3) is 0. The summed E-state index contributed by atoms with van der Waals surface area (Å²) in [5.41, 5.74) is 1.03. The Hall–Kier alpha value is -2.65. The topological polar surface area (TPSA) is 76.6 Å². The number of hydrogen-bond donors (Lipinski definition) is 0. The minimum atomic E-state index is -0.505. The molecule has 1 aliphatic rings. The smallest absolute Gasteiger partial charge is 0.270 e. The maximum atomic E-state index is 12.9. The molecule has 0 unspecified atom stereocenters. The number of amides is 1. The summed E-state index contributed by atoms with van der Waals surface area (Å²) in [4.78, 5) is 24.9. The van der Waals surface area contributed by atoms with Gasteiger partial charge in [-0.25, -0.2) is 0 Å². The van der Waals surface area contributed by atoms with Gasteiger partial charge >= 0.3 is 0 Å². The molecule has 0 spiro atoms. The third-order valence-corrected chi connectivity index (χ3v) is 6.35. The third kappa shape index (κ3) is 3.87. The van der Waals surface area contributed by atoms with E-state index >= 15 is 0 Å². The van der Waals surface area contributed by atoms with Gasteiger partial charge in [-0.3, -0.25) is 19.8 Å². The van der Waals surface area contributed by atoms with Gasteiger partial charge in [0.1, 0.15) is 11.5 Å². The van der Waals surface area contributed by atoms with Crippen molar-refractivity contribution in [3.05, 3.63) is 85.4 Å². The number of nitro benzene ring substituents is 1. The number of benzene rings is 2. The summed E-state index contributed by atoms with van der Waals surface area (Å²) in [7, 11) is 0. The van der Waals surface area contributed by atoms with Crippen LogP contribution in [0.25, 0.3) is 17.4 Å². The molecule has 0 atom stereocenters. The first-order valence-corrected chi connectivity index (χ1v) is 10.4. The van der Waals surface area contributed by atoms with Crippen LogP contribution in [-0.4, -0.2) is 15.2 Å². The van der Waals surface area contributed by atoms with Gasteiger partial charge in [0.05, 0.1) is 25.6 Å². The van der Waals surface area contributed by atoms with E-state index in [1.165, 1.54) is 29.2 Å². The zero-order chi connectivity index (χ0) is 21.4. The number of rotatable bonds is 4. The molecule has 1 saturated heterocycles. The highest BCUT2D eigenvalue weighted by Crippen LogP contribution is 2.38. The molecule has 3 aromatic rings. The monoisotopic (exact) mass is 476 g/mol. The lowest BCUT2D eigenvalue weighted by atomic mass is 10.2. The Morgan fingerprint density at radius 2 is 1.83 bits per heavy atom. The summed E-state index contributed by atoms with van der Waals surface area (Å²) in [5.74, 6) is 0.627. The zero-order valence-electron chi connectivity index (χ0n) is 14.9. The van der Waals surface area contributed by atoms with E-state index < -0.39 is 4.92 Å². The summed E-state index contributed by atoms with van der Waals surface area (Å²) in [5, 5.41) is 11.6. The molecule has 0 saturated carbocycles. The molecule has 1 aromatic heterocycles. The molecular formula is C20H10Cl2N2O4S2. The van der Waals surface area contributed by atoms with Crippen LogP contribution >= 0.6 is 47.2 Å². The first-order chi connectivity index (χ1) is 14.3. The maximum absolute atomic E-state index is 12.9. The van der Waals surface area contributed by atoms with Gasteiger partial charge in [-0.2, -0.15) is 0 Å². The Labute approximate surface area is 190 Å². The molecule has 1 aliphatic heterocycles. The molecule has 6 nitrogen and oxygen atoms in total. The van der Waals surface area contributed by atoms with Crippen molar-refractivity contribution in [3.8, 4) is 11.3 Å². The van der Waals surface area contributed by atoms with Gasteiger partial charge in [0, 0.05) is 23.8 Å². The van der Waals surface area contributed by atoms with Crippen molar-refractivity contribution in [2.24, 2.45) is 0 Å². The largest absolute Gasteiger partial charge is 0.457 e. The zero-order valence-corrected chi connectivity index (χ0v) is 18.0. The highest BCUT2D eigenvalue weighted by Gasteiger charge is 2.33. The average Bonchev–Trinajstić information content (AvgIpc) is 3.28. The fourth-order valence-electron chi connectivity index (χ4n) is 2.81. The second-order valence-electron chi connectivity index (χ2n) is 6.09. The lowest BCUT2D eigenvalue weighted by Crippen LogP contribution is -2.27. The molecular weight excluding hydrogens is 467 g/mol. The number of halogens is 2. The van der Waals surface area contributed by atoms with Crippen LogP contribution in [0.5, 0.6) is 0 Å².